The van der Waals surface area contributed by atoms with Crippen molar-refractivity contribution >= 4 is 15.9 Å². The molecule has 1 aliphatic rings. The Balaban J connectivity index is 2.00. The maximum Gasteiger partial charge on any atom is 0.0635 e. The number of aryl methyl sites for hydroxylation is 1. The van der Waals surface area contributed by atoms with Crippen molar-refractivity contribution in [2.75, 3.05) is 6.54 Å². The van der Waals surface area contributed by atoms with Crippen molar-refractivity contribution in [1.29, 1.82) is 0 Å². The summed E-state index contributed by atoms with van der Waals surface area (Å²) in [6.07, 6.45) is 6.78. The summed E-state index contributed by atoms with van der Waals surface area (Å²) < 4.78 is 3.30. The van der Waals surface area contributed by atoms with E-state index in [0.29, 0.717) is 6.04 Å². The Morgan fingerprint density at radius 1 is 1.53 bits per heavy atom. The monoisotopic (exact) mass is 299 g/mol. The number of nitrogens with one attached hydrogen (secondary N) is 1. The first-order valence-corrected chi connectivity index (χ1v) is 7.43. The van der Waals surface area contributed by atoms with Gasteiger partial charge in [-0.15, -0.1) is 0 Å². The number of halogens is 1. The summed E-state index contributed by atoms with van der Waals surface area (Å²) in [5.74, 6) is 0.829. The highest BCUT2D eigenvalue weighted by Gasteiger charge is 2.20. The topological polar surface area (TPSA) is 29.9 Å². The van der Waals surface area contributed by atoms with Gasteiger partial charge in [-0.2, -0.15) is 5.10 Å². The van der Waals surface area contributed by atoms with Crippen LogP contribution in [0.2, 0.25) is 0 Å². The van der Waals surface area contributed by atoms with Crippen molar-refractivity contribution in [3.8, 4) is 0 Å². The Bertz CT molecular complexity index is 354. The Morgan fingerprint density at radius 2 is 2.35 bits per heavy atom. The fourth-order valence-electron chi connectivity index (χ4n) is 2.46. The van der Waals surface area contributed by atoms with E-state index in [0.717, 1.165) is 36.3 Å². The van der Waals surface area contributed by atoms with Crippen LogP contribution < -0.4 is 5.32 Å². The Hall–Kier alpha value is -0.350. The van der Waals surface area contributed by atoms with Gasteiger partial charge in [-0.25, -0.2) is 0 Å². The van der Waals surface area contributed by atoms with Crippen LogP contribution >= 0.6 is 15.9 Å². The Labute approximate surface area is 112 Å². The van der Waals surface area contributed by atoms with Gasteiger partial charge >= 0.3 is 0 Å². The van der Waals surface area contributed by atoms with Crippen LogP contribution in [0.5, 0.6) is 0 Å². The van der Waals surface area contributed by atoms with E-state index < -0.39 is 0 Å². The van der Waals surface area contributed by atoms with Crippen LogP contribution in [-0.4, -0.2) is 22.4 Å². The highest BCUT2D eigenvalue weighted by Crippen LogP contribution is 2.22. The molecule has 1 aromatic heterocycles. The molecule has 2 heterocycles. The lowest BCUT2D eigenvalue weighted by atomic mass is 9.94. The van der Waals surface area contributed by atoms with Crippen LogP contribution in [0.1, 0.15) is 38.8 Å². The Kier molecular flexibility index (Phi) is 4.62. The number of hydrogen-bond donors (Lipinski definition) is 1. The standard InChI is InChI=1S/C13H22BrN3/c1-3-6-17-13(12(14)9-16-17)7-11-5-4-10(2)8-15-11/h9-11,15H,3-8H2,1-2H3. The largest absolute Gasteiger partial charge is 0.313 e. The molecule has 0 amide bonds. The first-order chi connectivity index (χ1) is 8.20. The molecule has 0 aliphatic carbocycles. The van der Waals surface area contributed by atoms with E-state index in [2.05, 4.69) is 44.9 Å². The molecule has 1 aromatic rings. The van der Waals surface area contributed by atoms with Crippen LogP contribution in [0, 0.1) is 5.92 Å². The molecule has 0 saturated carbocycles. The van der Waals surface area contributed by atoms with Crippen LogP contribution in [0.15, 0.2) is 10.7 Å². The van der Waals surface area contributed by atoms with Crippen LogP contribution in [-0.2, 0) is 13.0 Å². The molecule has 2 atom stereocenters. The highest BCUT2D eigenvalue weighted by molar-refractivity contribution is 9.10. The molecular weight excluding hydrogens is 278 g/mol. The third kappa shape index (κ3) is 3.32. The lowest BCUT2D eigenvalue weighted by Gasteiger charge is -2.28. The van der Waals surface area contributed by atoms with E-state index >= 15 is 0 Å². The van der Waals surface area contributed by atoms with Gasteiger partial charge in [0.2, 0.25) is 0 Å². The van der Waals surface area contributed by atoms with E-state index in [-0.39, 0.29) is 0 Å². The molecule has 1 aliphatic heterocycles. The Morgan fingerprint density at radius 3 is 3.00 bits per heavy atom. The van der Waals surface area contributed by atoms with Gasteiger partial charge in [0.25, 0.3) is 0 Å². The summed E-state index contributed by atoms with van der Waals surface area (Å²) in [6.45, 7) is 6.69. The molecular formula is C13H22BrN3. The lowest BCUT2D eigenvalue weighted by Crippen LogP contribution is -2.39. The predicted octanol–water partition coefficient (Wildman–Crippen LogP) is 2.99. The summed E-state index contributed by atoms with van der Waals surface area (Å²) in [7, 11) is 0. The summed E-state index contributed by atoms with van der Waals surface area (Å²) in [5, 5.41) is 8.07. The average Bonchev–Trinajstić information content (AvgIpc) is 2.65. The number of rotatable bonds is 4. The molecule has 0 radical (unpaired) electrons. The van der Waals surface area contributed by atoms with E-state index in [4.69, 9.17) is 0 Å². The highest BCUT2D eigenvalue weighted by atomic mass is 79.9. The summed E-state index contributed by atoms with van der Waals surface area (Å²) >= 11 is 3.61. The van der Waals surface area contributed by atoms with Crippen molar-refractivity contribution in [2.24, 2.45) is 5.92 Å². The zero-order valence-corrected chi connectivity index (χ0v) is 12.3. The second-order valence-corrected chi connectivity index (χ2v) is 6.01. The molecule has 0 bridgehead atoms. The van der Waals surface area contributed by atoms with Gasteiger partial charge in [0.05, 0.1) is 16.4 Å². The molecule has 2 rings (SSSR count). The number of hydrogen-bond acceptors (Lipinski definition) is 2. The molecule has 1 fully saturated rings. The quantitative estimate of drug-likeness (QED) is 0.926. The third-order valence-electron chi connectivity index (χ3n) is 3.54. The summed E-state index contributed by atoms with van der Waals surface area (Å²) in [6, 6.07) is 0.620. The van der Waals surface area contributed by atoms with Gasteiger partial charge in [-0.3, -0.25) is 4.68 Å². The van der Waals surface area contributed by atoms with Crippen molar-refractivity contribution in [1.82, 2.24) is 15.1 Å². The molecule has 2 unspecified atom stereocenters. The number of aromatic nitrogens is 2. The van der Waals surface area contributed by atoms with Crippen molar-refractivity contribution in [3.63, 3.8) is 0 Å². The lowest BCUT2D eigenvalue weighted by molar-refractivity contribution is 0.321. The SMILES string of the molecule is CCCn1ncc(Br)c1CC1CCC(C)CN1. The smallest absolute Gasteiger partial charge is 0.0635 e. The summed E-state index contributed by atoms with van der Waals surface area (Å²) in [4.78, 5) is 0. The molecule has 4 heteroatoms. The molecule has 17 heavy (non-hydrogen) atoms. The van der Waals surface area contributed by atoms with Crippen molar-refractivity contribution in [2.45, 2.75) is 52.1 Å². The number of piperidine rings is 1. The van der Waals surface area contributed by atoms with E-state index in [1.807, 2.05) is 6.20 Å². The molecule has 96 valence electrons. The normalized spacial score (nSPS) is 25.1. The van der Waals surface area contributed by atoms with Gasteiger partial charge in [-0.05, 0) is 47.7 Å². The summed E-state index contributed by atoms with van der Waals surface area (Å²) in [5.41, 5.74) is 1.35. The van der Waals surface area contributed by atoms with Gasteiger partial charge < -0.3 is 5.32 Å². The van der Waals surface area contributed by atoms with Crippen LogP contribution in [0.25, 0.3) is 0 Å². The molecule has 1 N–H and O–H groups in total. The van der Waals surface area contributed by atoms with Gasteiger partial charge in [-0.1, -0.05) is 13.8 Å². The fraction of sp³-hybridized carbons (Fsp3) is 0.769. The second kappa shape index (κ2) is 6.01. The first kappa shape index (κ1) is 13.1. The van der Waals surface area contributed by atoms with Gasteiger partial charge in [0.15, 0.2) is 0 Å². The molecule has 0 aromatic carbocycles. The second-order valence-electron chi connectivity index (χ2n) is 5.15. The average molecular weight is 300 g/mol. The fourth-order valence-corrected chi connectivity index (χ4v) is 2.92. The minimum Gasteiger partial charge on any atom is -0.313 e. The first-order valence-electron chi connectivity index (χ1n) is 6.64. The van der Waals surface area contributed by atoms with Crippen LogP contribution in [0.3, 0.4) is 0 Å². The van der Waals surface area contributed by atoms with Gasteiger partial charge in [0.1, 0.15) is 0 Å². The van der Waals surface area contributed by atoms with Crippen LogP contribution in [0.4, 0.5) is 0 Å². The van der Waals surface area contributed by atoms with E-state index in [1.165, 1.54) is 18.5 Å². The third-order valence-corrected chi connectivity index (χ3v) is 4.20. The van der Waals surface area contributed by atoms with Crippen molar-refractivity contribution in [3.05, 3.63) is 16.4 Å². The zero-order chi connectivity index (χ0) is 12.3. The minimum absolute atomic E-state index is 0.620. The van der Waals surface area contributed by atoms with Gasteiger partial charge in [0, 0.05) is 19.0 Å². The van der Waals surface area contributed by atoms with E-state index in [9.17, 15) is 0 Å². The molecule has 1 saturated heterocycles. The maximum atomic E-state index is 4.43. The minimum atomic E-state index is 0.620. The number of nitrogens with zero attached hydrogens (tertiary/aromatic N) is 2. The van der Waals surface area contributed by atoms with E-state index in [1.54, 1.807) is 0 Å². The molecule has 3 nitrogen and oxygen atoms in total. The predicted molar refractivity (Wildman–Crippen MR) is 74.1 cm³/mol. The van der Waals surface area contributed by atoms with Crippen molar-refractivity contribution < 1.29 is 0 Å². The maximum absolute atomic E-state index is 4.43. The molecule has 0 spiro atoms. The zero-order valence-electron chi connectivity index (χ0n) is 10.7.